The minimum atomic E-state index is 0.458. The maximum Gasteiger partial charge on any atom is 0.107 e. The van der Waals surface area contributed by atoms with Gasteiger partial charge in [0.2, 0.25) is 0 Å². The summed E-state index contributed by atoms with van der Waals surface area (Å²) < 4.78 is 5.83. The highest BCUT2D eigenvalue weighted by molar-refractivity contribution is 7.11. The van der Waals surface area contributed by atoms with E-state index in [9.17, 15) is 0 Å². The Morgan fingerprint density at radius 2 is 2.33 bits per heavy atom. The van der Waals surface area contributed by atoms with E-state index in [1.807, 2.05) is 6.20 Å². The molecule has 1 aliphatic rings. The Labute approximate surface area is 113 Å². The van der Waals surface area contributed by atoms with E-state index in [2.05, 4.69) is 22.5 Å². The zero-order chi connectivity index (χ0) is 12.6. The topological polar surface area (TPSA) is 46.2 Å². The average molecular weight is 269 g/mol. The summed E-state index contributed by atoms with van der Waals surface area (Å²) in [6.45, 7) is 6.92. The molecule has 4 nitrogen and oxygen atoms in total. The molecule has 1 aromatic heterocycles. The molecule has 0 saturated carbocycles. The highest BCUT2D eigenvalue weighted by atomic mass is 32.1. The third-order valence-corrected chi connectivity index (χ3v) is 4.29. The fraction of sp³-hybridized carbons (Fsp3) is 0.769. The van der Waals surface area contributed by atoms with Crippen molar-refractivity contribution in [3.63, 3.8) is 0 Å². The average Bonchev–Trinajstić information content (AvgIpc) is 2.87. The number of nitrogens with zero attached hydrogens (tertiary/aromatic N) is 1. The lowest BCUT2D eigenvalue weighted by Gasteiger charge is -2.22. The van der Waals surface area contributed by atoms with E-state index < -0.39 is 0 Å². The first-order valence-electron chi connectivity index (χ1n) is 6.85. The molecule has 0 radical (unpaired) electrons. The van der Waals surface area contributed by atoms with Gasteiger partial charge in [-0.2, -0.15) is 0 Å². The van der Waals surface area contributed by atoms with Gasteiger partial charge in [-0.15, -0.1) is 11.3 Å². The molecule has 1 aliphatic heterocycles. The van der Waals surface area contributed by atoms with Gasteiger partial charge in [-0.05, 0) is 32.4 Å². The molecule has 18 heavy (non-hydrogen) atoms. The lowest BCUT2D eigenvalue weighted by Crippen LogP contribution is -2.33. The van der Waals surface area contributed by atoms with Crippen molar-refractivity contribution in [1.82, 2.24) is 15.6 Å². The van der Waals surface area contributed by atoms with Crippen molar-refractivity contribution in [2.75, 3.05) is 26.2 Å². The summed E-state index contributed by atoms with van der Waals surface area (Å²) in [4.78, 5) is 5.74. The number of thiazole rings is 1. The van der Waals surface area contributed by atoms with Crippen LogP contribution in [-0.2, 0) is 17.7 Å². The zero-order valence-electron chi connectivity index (χ0n) is 11.1. The Morgan fingerprint density at radius 1 is 1.50 bits per heavy atom. The van der Waals surface area contributed by atoms with Crippen LogP contribution < -0.4 is 10.6 Å². The van der Waals surface area contributed by atoms with E-state index in [1.165, 1.54) is 9.88 Å². The van der Waals surface area contributed by atoms with Crippen LogP contribution in [0.15, 0.2) is 6.20 Å². The van der Waals surface area contributed by atoms with E-state index in [0.717, 1.165) is 52.0 Å². The summed E-state index contributed by atoms with van der Waals surface area (Å²) in [5.74, 6) is 0. The number of aromatic nitrogens is 1. The molecule has 2 rings (SSSR count). The molecule has 0 amide bonds. The molecule has 0 bridgehead atoms. The molecule has 5 heteroatoms. The molecule has 1 fully saturated rings. The fourth-order valence-electron chi connectivity index (χ4n) is 2.05. The molecule has 0 spiro atoms. The summed E-state index contributed by atoms with van der Waals surface area (Å²) >= 11 is 1.80. The van der Waals surface area contributed by atoms with Crippen LogP contribution in [0.5, 0.6) is 0 Å². The lowest BCUT2D eigenvalue weighted by molar-refractivity contribution is 0.0347. The third kappa shape index (κ3) is 4.65. The highest BCUT2D eigenvalue weighted by Gasteiger charge is 2.12. The Bertz CT molecular complexity index is 337. The van der Waals surface area contributed by atoms with Crippen LogP contribution in [0.1, 0.15) is 29.7 Å². The van der Waals surface area contributed by atoms with Crippen molar-refractivity contribution in [3.8, 4) is 0 Å². The molecular formula is C13H23N3OS. The predicted octanol–water partition coefficient (Wildman–Crippen LogP) is 1.56. The van der Waals surface area contributed by atoms with Gasteiger partial charge in [0.05, 0.1) is 12.7 Å². The molecule has 102 valence electrons. The number of ether oxygens (including phenoxy) is 1. The smallest absolute Gasteiger partial charge is 0.107 e. The standard InChI is InChI=1S/C13H23N3OS/c1-2-12-9-16-13(18-12)10-15-7-8-17-11-3-5-14-6-4-11/h9,11,14-15H,2-8,10H2,1H3. The van der Waals surface area contributed by atoms with Crippen molar-refractivity contribution in [3.05, 3.63) is 16.1 Å². The summed E-state index contributed by atoms with van der Waals surface area (Å²) in [5, 5.41) is 7.90. The number of aryl methyl sites for hydroxylation is 1. The number of nitrogens with one attached hydrogen (secondary N) is 2. The van der Waals surface area contributed by atoms with Gasteiger partial charge in [0.1, 0.15) is 5.01 Å². The van der Waals surface area contributed by atoms with Crippen molar-refractivity contribution in [2.45, 2.75) is 38.8 Å². The number of rotatable bonds is 7. The van der Waals surface area contributed by atoms with Gasteiger partial charge in [-0.3, -0.25) is 0 Å². The first-order chi connectivity index (χ1) is 8.88. The van der Waals surface area contributed by atoms with Crippen LogP contribution in [0.3, 0.4) is 0 Å². The van der Waals surface area contributed by atoms with Crippen LogP contribution in [0.25, 0.3) is 0 Å². The van der Waals surface area contributed by atoms with Crippen LogP contribution in [-0.4, -0.2) is 37.3 Å². The van der Waals surface area contributed by atoms with Gasteiger partial charge in [-0.25, -0.2) is 4.98 Å². The molecule has 0 atom stereocenters. The molecule has 0 aromatic carbocycles. The van der Waals surface area contributed by atoms with Gasteiger partial charge in [0.15, 0.2) is 0 Å². The van der Waals surface area contributed by atoms with Gasteiger partial charge in [0, 0.05) is 24.2 Å². The van der Waals surface area contributed by atoms with Crippen LogP contribution in [0.2, 0.25) is 0 Å². The van der Waals surface area contributed by atoms with Crippen molar-refractivity contribution >= 4 is 11.3 Å². The third-order valence-electron chi connectivity index (χ3n) is 3.14. The van der Waals surface area contributed by atoms with Crippen molar-refractivity contribution in [2.24, 2.45) is 0 Å². The van der Waals surface area contributed by atoms with Gasteiger partial charge < -0.3 is 15.4 Å². The molecule has 1 aromatic rings. The van der Waals surface area contributed by atoms with E-state index >= 15 is 0 Å². The second-order valence-corrected chi connectivity index (χ2v) is 5.77. The van der Waals surface area contributed by atoms with Gasteiger partial charge in [-0.1, -0.05) is 6.92 Å². The maximum atomic E-state index is 5.83. The summed E-state index contributed by atoms with van der Waals surface area (Å²) in [5.41, 5.74) is 0. The van der Waals surface area contributed by atoms with Crippen LogP contribution in [0.4, 0.5) is 0 Å². The normalized spacial score (nSPS) is 17.2. The fourth-order valence-corrected chi connectivity index (χ4v) is 2.88. The van der Waals surface area contributed by atoms with Crippen LogP contribution >= 0.6 is 11.3 Å². The molecule has 2 N–H and O–H groups in total. The number of piperidine rings is 1. The van der Waals surface area contributed by atoms with E-state index in [4.69, 9.17) is 4.74 Å². The van der Waals surface area contributed by atoms with Crippen LogP contribution in [0, 0.1) is 0 Å². The number of hydrogen-bond donors (Lipinski definition) is 2. The lowest BCUT2D eigenvalue weighted by atomic mass is 10.1. The van der Waals surface area contributed by atoms with E-state index in [-0.39, 0.29) is 0 Å². The number of hydrogen-bond acceptors (Lipinski definition) is 5. The summed E-state index contributed by atoms with van der Waals surface area (Å²) in [7, 11) is 0. The van der Waals surface area contributed by atoms with Gasteiger partial charge >= 0.3 is 0 Å². The second kappa shape index (κ2) is 7.84. The van der Waals surface area contributed by atoms with E-state index in [0.29, 0.717) is 6.10 Å². The molecule has 0 unspecified atom stereocenters. The maximum absolute atomic E-state index is 5.83. The SMILES string of the molecule is CCc1cnc(CNCCOC2CCNCC2)s1. The van der Waals surface area contributed by atoms with Crippen molar-refractivity contribution < 1.29 is 4.74 Å². The second-order valence-electron chi connectivity index (χ2n) is 4.57. The monoisotopic (exact) mass is 269 g/mol. The van der Waals surface area contributed by atoms with E-state index in [1.54, 1.807) is 11.3 Å². The minimum Gasteiger partial charge on any atom is -0.377 e. The van der Waals surface area contributed by atoms with Crippen molar-refractivity contribution in [1.29, 1.82) is 0 Å². The minimum absolute atomic E-state index is 0.458. The Morgan fingerprint density at radius 3 is 3.06 bits per heavy atom. The highest BCUT2D eigenvalue weighted by Crippen LogP contribution is 2.12. The molecule has 1 saturated heterocycles. The predicted molar refractivity (Wildman–Crippen MR) is 75.0 cm³/mol. The quantitative estimate of drug-likeness (QED) is 0.738. The molecule has 0 aliphatic carbocycles. The Hall–Kier alpha value is -0.490. The zero-order valence-corrected chi connectivity index (χ0v) is 11.9. The Kier molecular flexibility index (Phi) is 6.07. The molecule has 2 heterocycles. The largest absolute Gasteiger partial charge is 0.377 e. The molecular weight excluding hydrogens is 246 g/mol. The Balaban J connectivity index is 1.52. The summed E-state index contributed by atoms with van der Waals surface area (Å²) in [6, 6.07) is 0. The first kappa shape index (κ1) is 13.9. The summed E-state index contributed by atoms with van der Waals surface area (Å²) in [6.07, 6.45) is 5.81. The van der Waals surface area contributed by atoms with Gasteiger partial charge in [0.25, 0.3) is 0 Å². The first-order valence-corrected chi connectivity index (χ1v) is 7.66.